The third-order valence-corrected chi connectivity index (χ3v) is 5.07. The number of anilines is 1. The van der Waals surface area contributed by atoms with Crippen molar-refractivity contribution < 1.29 is 4.79 Å². The van der Waals surface area contributed by atoms with Crippen LogP contribution in [0.5, 0.6) is 0 Å². The highest BCUT2D eigenvalue weighted by molar-refractivity contribution is 5.85. The van der Waals surface area contributed by atoms with Crippen molar-refractivity contribution in [2.24, 2.45) is 5.92 Å². The van der Waals surface area contributed by atoms with Gasteiger partial charge in [-0.05, 0) is 51.0 Å². The molecule has 1 aromatic carbocycles. The largest absolute Gasteiger partial charge is 0.371 e. The average molecular weight is 363 g/mol. The molecule has 1 amide bonds. The first-order valence-electron chi connectivity index (χ1n) is 8.86. The minimum atomic E-state index is 0. The van der Waals surface area contributed by atoms with Gasteiger partial charge in [-0.15, -0.1) is 12.4 Å². The first-order valence-corrected chi connectivity index (χ1v) is 8.86. The molecular weight excluding hydrogens is 336 g/mol. The molecule has 6 heteroatoms. The van der Waals surface area contributed by atoms with Crippen LogP contribution in [-0.2, 0) is 4.79 Å². The van der Waals surface area contributed by atoms with E-state index < -0.39 is 0 Å². The summed E-state index contributed by atoms with van der Waals surface area (Å²) in [6.45, 7) is 7.73. The van der Waals surface area contributed by atoms with E-state index in [0.29, 0.717) is 23.6 Å². The zero-order valence-corrected chi connectivity index (χ0v) is 15.8. The maximum atomic E-state index is 12.8. The van der Waals surface area contributed by atoms with Crippen LogP contribution in [0.15, 0.2) is 24.3 Å². The Bertz CT molecular complexity index is 609. The van der Waals surface area contributed by atoms with E-state index >= 15 is 0 Å². The van der Waals surface area contributed by atoms with Crippen LogP contribution in [0.3, 0.4) is 0 Å². The smallest absolute Gasteiger partial charge is 0.225 e. The van der Waals surface area contributed by atoms with Crippen molar-refractivity contribution >= 4 is 24.0 Å². The van der Waals surface area contributed by atoms with Gasteiger partial charge < -0.3 is 15.1 Å². The van der Waals surface area contributed by atoms with Crippen LogP contribution < -0.4 is 10.2 Å². The number of piperidine rings is 1. The van der Waals surface area contributed by atoms with Gasteiger partial charge in [0.15, 0.2) is 0 Å². The molecule has 25 heavy (non-hydrogen) atoms. The standard InChI is InChI=1S/C19H26N4O.ClH/c1-14-12-23(13-15(2)21-14)19(24)17-7-9-22(10-8-17)18-5-3-16(11-20)4-6-18;/h3-6,14-15,17,21H,7-10,12-13H2,1-2H3;1H. The topological polar surface area (TPSA) is 59.4 Å². The zero-order chi connectivity index (χ0) is 17.1. The van der Waals surface area contributed by atoms with E-state index in [1.165, 1.54) is 0 Å². The summed E-state index contributed by atoms with van der Waals surface area (Å²) in [6.07, 6.45) is 1.82. The van der Waals surface area contributed by atoms with E-state index in [9.17, 15) is 4.79 Å². The van der Waals surface area contributed by atoms with Crippen LogP contribution in [0.2, 0.25) is 0 Å². The lowest BCUT2D eigenvalue weighted by molar-refractivity contribution is -0.138. The second-order valence-corrected chi connectivity index (χ2v) is 7.13. The summed E-state index contributed by atoms with van der Waals surface area (Å²) in [7, 11) is 0. The number of nitriles is 1. The van der Waals surface area contributed by atoms with Crippen molar-refractivity contribution in [2.45, 2.75) is 38.8 Å². The Labute approximate surface area is 156 Å². The lowest BCUT2D eigenvalue weighted by atomic mass is 9.94. The van der Waals surface area contributed by atoms with Crippen molar-refractivity contribution in [1.29, 1.82) is 5.26 Å². The number of hydrogen-bond donors (Lipinski definition) is 1. The van der Waals surface area contributed by atoms with Crippen molar-refractivity contribution in [1.82, 2.24) is 10.2 Å². The highest BCUT2D eigenvalue weighted by Crippen LogP contribution is 2.25. The monoisotopic (exact) mass is 362 g/mol. The van der Waals surface area contributed by atoms with Gasteiger partial charge in [-0.2, -0.15) is 5.26 Å². The minimum absolute atomic E-state index is 0. The van der Waals surface area contributed by atoms with Gasteiger partial charge in [-0.25, -0.2) is 0 Å². The summed E-state index contributed by atoms with van der Waals surface area (Å²) in [6, 6.07) is 10.6. The molecule has 2 heterocycles. The first kappa shape index (κ1) is 19.6. The second kappa shape index (κ2) is 8.55. The minimum Gasteiger partial charge on any atom is -0.371 e. The number of rotatable bonds is 2. The molecular formula is C19H27ClN4O. The summed E-state index contributed by atoms with van der Waals surface area (Å²) >= 11 is 0. The van der Waals surface area contributed by atoms with Crippen molar-refractivity contribution in [3.05, 3.63) is 29.8 Å². The fraction of sp³-hybridized carbons (Fsp3) is 0.579. The van der Waals surface area contributed by atoms with Gasteiger partial charge in [0, 0.05) is 49.9 Å². The Balaban J connectivity index is 0.00000225. The van der Waals surface area contributed by atoms with E-state index in [0.717, 1.165) is 44.7 Å². The maximum Gasteiger partial charge on any atom is 0.225 e. The van der Waals surface area contributed by atoms with Gasteiger partial charge in [0.05, 0.1) is 11.6 Å². The van der Waals surface area contributed by atoms with Gasteiger partial charge >= 0.3 is 0 Å². The van der Waals surface area contributed by atoms with Crippen molar-refractivity contribution in [3.8, 4) is 6.07 Å². The zero-order valence-electron chi connectivity index (χ0n) is 14.9. The Morgan fingerprint density at radius 2 is 1.68 bits per heavy atom. The molecule has 1 N–H and O–H groups in total. The molecule has 2 aliphatic heterocycles. The van der Waals surface area contributed by atoms with Crippen molar-refractivity contribution in [3.63, 3.8) is 0 Å². The number of nitrogens with one attached hydrogen (secondary N) is 1. The third kappa shape index (κ3) is 4.65. The van der Waals surface area contributed by atoms with Gasteiger partial charge in [0.1, 0.15) is 0 Å². The number of nitrogens with zero attached hydrogens (tertiary/aromatic N) is 3. The average Bonchev–Trinajstić information content (AvgIpc) is 2.60. The summed E-state index contributed by atoms with van der Waals surface area (Å²) < 4.78 is 0. The molecule has 0 spiro atoms. The van der Waals surface area contributed by atoms with Gasteiger partial charge in [-0.3, -0.25) is 4.79 Å². The number of piperazine rings is 1. The van der Waals surface area contributed by atoms with Crippen LogP contribution in [0.4, 0.5) is 5.69 Å². The fourth-order valence-corrected chi connectivity index (χ4v) is 3.90. The summed E-state index contributed by atoms with van der Waals surface area (Å²) in [5, 5.41) is 12.4. The second-order valence-electron chi connectivity index (χ2n) is 7.13. The van der Waals surface area contributed by atoms with E-state index in [4.69, 9.17) is 5.26 Å². The molecule has 2 atom stereocenters. The molecule has 3 rings (SSSR count). The molecule has 0 bridgehead atoms. The number of carbonyl (C=O) groups is 1. The van der Waals surface area contributed by atoms with Crippen molar-refractivity contribution in [2.75, 3.05) is 31.1 Å². The quantitative estimate of drug-likeness (QED) is 0.877. The third-order valence-electron chi connectivity index (χ3n) is 5.07. The Morgan fingerprint density at radius 1 is 1.12 bits per heavy atom. The summed E-state index contributed by atoms with van der Waals surface area (Å²) in [5.74, 6) is 0.479. The predicted molar refractivity (Wildman–Crippen MR) is 102 cm³/mol. The maximum absolute atomic E-state index is 12.8. The number of amides is 1. The Hall–Kier alpha value is -1.77. The van der Waals surface area contributed by atoms with E-state index in [-0.39, 0.29) is 18.3 Å². The molecule has 0 aliphatic carbocycles. The SMILES string of the molecule is CC1CN(C(=O)C2CCN(c3ccc(C#N)cc3)CC2)CC(C)N1.Cl. The van der Waals surface area contributed by atoms with E-state index in [1.54, 1.807) is 0 Å². The van der Waals surface area contributed by atoms with E-state index in [2.05, 4.69) is 30.1 Å². The Morgan fingerprint density at radius 3 is 2.20 bits per heavy atom. The summed E-state index contributed by atoms with van der Waals surface area (Å²) in [5.41, 5.74) is 1.83. The molecule has 1 aromatic rings. The molecule has 2 saturated heterocycles. The lowest BCUT2D eigenvalue weighted by Crippen LogP contribution is -2.57. The van der Waals surface area contributed by atoms with Crippen LogP contribution in [0.25, 0.3) is 0 Å². The number of carbonyl (C=O) groups excluding carboxylic acids is 1. The molecule has 0 aromatic heterocycles. The van der Waals surface area contributed by atoms with Gasteiger partial charge in [-0.1, -0.05) is 0 Å². The van der Waals surface area contributed by atoms with Gasteiger partial charge in [0.2, 0.25) is 5.91 Å². The summed E-state index contributed by atoms with van der Waals surface area (Å²) in [4.78, 5) is 17.2. The first-order chi connectivity index (χ1) is 11.6. The number of halogens is 1. The molecule has 0 radical (unpaired) electrons. The highest BCUT2D eigenvalue weighted by Gasteiger charge is 2.32. The van der Waals surface area contributed by atoms with Crippen LogP contribution in [0.1, 0.15) is 32.3 Å². The molecule has 2 aliphatic rings. The van der Waals surface area contributed by atoms with Crippen LogP contribution >= 0.6 is 12.4 Å². The normalized spacial score (nSPS) is 24.4. The Kier molecular flexibility index (Phi) is 6.69. The molecule has 0 saturated carbocycles. The predicted octanol–water partition coefficient (Wildman–Crippen LogP) is 2.41. The van der Waals surface area contributed by atoms with Crippen LogP contribution in [0, 0.1) is 17.2 Å². The van der Waals surface area contributed by atoms with Crippen LogP contribution in [-0.4, -0.2) is 49.1 Å². The number of hydrogen-bond acceptors (Lipinski definition) is 4. The fourth-order valence-electron chi connectivity index (χ4n) is 3.90. The highest BCUT2D eigenvalue weighted by atomic mass is 35.5. The molecule has 2 fully saturated rings. The molecule has 5 nitrogen and oxygen atoms in total. The molecule has 2 unspecified atom stereocenters. The van der Waals surface area contributed by atoms with E-state index in [1.807, 2.05) is 29.2 Å². The van der Waals surface area contributed by atoms with Gasteiger partial charge in [0.25, 0.3) is 0 Å². The lowest BCUT2D eigenvalue weighted by Gasteiger charge is -2.40. The molecule has 136 valence electrons. The number of benzene rings is 1.